The lowest BCUT2D eigenvalue weighted by Gasteiger charge is -2.33. The minimum absolute atomic E-state index is 0.123. The Bertz CT molecular complexity index is 448. The molecule has 3 atom stereocenters. The SMILES string of the molecule is CCCOC(Oc1ccc(C(C)CC)cc1)C(C)C1CCCCC1. The van der Waals surface area contributed by atoms with Gasteiger partial charge in [0.15, 0.2) is 0 Å². The molecule has 2 heteroatoms. The zero-order chi connectivity index (χ0) is 17.4. The van der Waals surface area contributed by atoms with Gasteiger partial charge < -0.3 is 9.47 Å². The molecule has 0 heterocycles. The van der Waals surface area contributed by atoms with Gasteiger partial charge in [0.05, 0.1) is 6.61 Å². The maximum atomic E-state index is 6.28. The third-order valence-electron chi connectivity index (χ3n) is 5.62. The van der Waals surface area contributed by atoms with E-state index in [0.717, 1.165) is 24.7 Å². The second-order valence-electron chi connectivity index (χ2n) is 7.49. The van der Waals surface area contributed by atoms with Crippen molar-refractivity contribution in [2.45, 2.75) is 84.8 Å². The van der Waals surface area contributed by atoms with Crippen LogP contribution in [-0.2, 0) is 4.74 Å². The zero-order valence-corrected chi connectivity index (χ0v) is 16.1. The molecule has 0 N–H and O–H groups in total. The van der Waals surface area contributed by atoms with Crippen LogP contribution in [0.1, 0.15) is 84.1 Å². The first-order valence-electron chi connectivity index (χ1n) is 10.0. The van der Waals surface area contributed by atoms with Gasteiger partial charge in [-0.25, -0.2) is 0 Å². The second-order valence-corrected chi connectivity index (χ2v) is 7.49. The normalized spacial score (nSPS) is 19.7. The van der Waals surface area contributed by atoms with Crippen molar-refractivity contribution in [1.29, 1.82) is 0 Å². The molecule has 0 saturated heterocycles. The molecule has 1 aliphatic carbocycles. The van der Waals surface area contributed by atoms with Crippen LogP contribution in [0.4, 0.5) is 0 Å². The van der Waals surface area contributed by atoms with Gasteiger partial charge in [0, 0.05) is 5.92 Å². The van der Waals surface area contributed by atoms with Gasteiger partial charge >= 0.3 is 0 Å². The highest BCUT2D eigenvalue weighted by Gasteiger charge is 2.29. The van der Waals surface area contributed by atoms with Crippen LogP contribution in [0.25, 0.3) is 0 Å². The van der Waals surface area contributed by atoms with Crippen LogP contribution in [-0.4, -0.2) is 12.9 Å². The van der Waals surface area contributed by atoms with Gasteiger partial charge in [-0.05, 0) is 55.2 Å². The summed E-state index contributed by atoms with van der Waals surface area (Å²) in [4.78, 5) is 0. The van der Waals surface area contributed by atoms with Gasteiger partial charge in [-0.2, -0.15) is 0 Å². The third kappa shape index (κ3) is 5.51. The van der Waals surface area contributed by atoms with Crippen LogP contribution in [0.2, 0.25) is 0 Å². The van der Waals surface area contributed by atoms with Crippen molar-refractivity contribution in [3.63, 3.8) is 0 Å². The predicted molar refractivity (Wildman–Crippen MR) is 102 cm³/mol. The van der Waals surface area contributed by atoms with E-state index in [-0.39, 0.29) is 6.29 Å². The maximum absolute atomic E-state index is 6.28. The minimum Gasteiger partial charge on any atom is -0.465 e. The van der Waals surface area contributed by atoms with Crippen LogP contribution < -0.4 is 4.74 Å². The van der Waals surface area contributed by atoms with Gasteiger partial charge in [-0.3, -0.25) is 0 Å². The standard InChI is InChI=1S/C22H36O2/c1-5-16-23-22(18(4)20-10-8-7-9-11-20)24-21-14-12-19(13-15-21)17(3)6-2/h12-15,17-18,20,22H,5-11,16H2,1-4H3. The Balaban J connectivity index is 2.01. The molecular weight excluding hydrogens is 296 g/mol. The van der Waals surface area contributed by atoms with E-state index >= 15 is 0 Å². The van der Waals surface area contributed by atoms with Crippen LogP contribution in [0.15, 0.2) is 24.3 Å². The molecule has 0 bridgehead atoms. The molecule has 0 aromatic heterocycles. The highest BCUT2D eigenvalue weighted by molar-refractivity contribution is 5.29. The molecule has 24 heavy (non-hydrogen) atoms. The fraction of sp³-hybridized carbons (Fsp3) is 0.727. The molecule has 136 valence electrons. The second kappa shape index (κ2) is 10.1. The van der Waals surface area contributed by atoms with E-state index in [9.17, 15) is 0 Å². The molecule has 1 fully saturated rings. The molecule has 0 aliphatic heterocycles. The first-order chi connectivity index (χ1) is 11.7. The van der Waals surface area contributed by atoms with E-state index in [2.05, 4.69) is 52.0 Å². The Morgan fingerprint density at radius 1 is 1.00 bits per heavy atom. The van der Waals surface area contributed by atoms with Crippen LogP contribution in [0.5, 0.6) is 5.75 Å². The first-order valence-corrected chi connectivity index (χ1v) is 10.0. The van der Waals surface area contributed by atoms with E-state index in [1.54, 1.807) is 0 Å². The van der Waals surface area contributed by atoms with Gasteiger partial charge in [0.2, 0.25) is 6.29 Å². The predicted octanol–water partition coefficient (Wildman–Crippen LogP) is 6.55. The number of rotatable bonds is 9. The third-order valence-corrected chi connectivity index (χ3v) is 5.62. The summed E-state index contributed by atoms with van der Waals surface area (Å²) in [6.45, 7) is 9.74. The number of ether oxygens (including phenoxy) is 2. The first kappa shape index (κ1) is 19.3. The average molecular weight is 333 g/mol. The van der Waals surface area contributed by atoms with Gasteiger partial charge in [0.1, 0.15) is 5.75 Å². The number of benzene rings is 1. The lowest BCUT2D eigenvalue weighted by molar-refractivity contribution is -0.127. The van der Waals surface area contributed by atoms with Crippen molar-refractivity contribution < 1.29 is 9.47 Å². The topological polar surface area (TPSA) is 18.5 Å². The molecule has 2 nitrogen and oxygen atoms in total. The molecule has 1 aromatic rings. The lowest BCUT2D eigenvalue weighted by atomic mass is 9.80. The summed E-state index contributed by atoms with van der Waals surface area (Å²) in [5.74, 6) is 2.73. The Hall–Kier alpha value is -1.02. The molecular formula is C22H36O2. The fourth-order valence-electron chi connectivity index (χ4n) is 3.65. The van der Waals surface area contributed by atoms with E-state index in [1.807, 2.05) is 0 Å². The molecule has 2 rings (SSSR count). The van der Waals surface area contributed by atoms with Gasteiger partial charge in [0.25, 0.3) is 0 Å². The Morgan fingerprint density at radius 3 is 2.25 bits per heavy atom. The Kier molecular flexibility index (Phi) is 8.11. The molecule has 0 amide bonds. The Morgan fingerprint density at radius 2 is 1.67 bits per heavy atom. The largest absolute Gasteiger partial charge is 0.465 e. The highest BCUT2D eigenvalue weighted by Crippen LogP contribution is 2.33. The molecule has 0 radical (unpaired) electrons. The fourth-order valence-corrected chi connectivity index (χ4v) is 3.65. The minimum atomic E-state index is -0.123. The zero-order valence-electron chi connectivity index (χ0n) is 16.1. The average Bonchev–Trinajstić information content (AvgIpc) is 2.65. The van der Waals surface area contributed by atoms with E-state index in [1.165, 1.54) is 44.1 Å². The van der Waals surface area contributed by atoms with Crippen molar-refractivity contribution in [2.24, 2.45) is 11.8 Å². The lowest BCUT2D eigenvalue weighted by Crippen LogP contribution is -2.34. The summed E-state index contributed by atoms with van der Waals surface area (Å²) in [6.07, 6.45) is 8.83. The summed E-state index contributed by atoms with van der Waals surface area (Å²) in [6, 6.07) is 8.62. The van der Waals surface area contributed by atoms with Crippen LogP contribution in [0, 0.1) is 11.8 Å². The van der Waals surface area contributed by atoms with Crippen LogP contribution >= 0.6 is 0 Å². The van der Waals surface area contributed by atoms with Crippen molar-refractivity contribution in [3.05, 3.63) is 29.8 Å². The van der Waals surface area contributed by atoms with E-state index in [0.29, 0.717) is 11.8 Å². The molecule has 1 aromatic carbocycles. The summed E-state index contributed by atoms with van der Waals surface area (Å²) in [7, 11) is 0. The van der Waals surface area contributed by atoms with Gasteiger partial charge in [-0.15, -0.1) is 0 Å². The molecule has 0 spiro atoms. The van der Waals surface area contributed by atoms with Crippen molar-refractivity contribution in [1.82, 2.24) is 0 Å². The summed E-state index contributed by atoms with van der Waals surface area (Å²) >= 11 is 0. The highest BCUT2D eigenvalue weighted by atomic mass is 16.7. The summed E-state index contributed by atoms with van der Waals surface area (Å²) < 4.78 is 12.4. The smallest absolute Gasteiger partial charge is 0.202 e. The monoisotopic (exact) mass is 332 g/mol. The van der Waals surface area contributed by atoms with E-state index < -0.39 is 0 Å². The molecule has 3 unspecified atom stereocenters. The van der Waals surface area contributed by atoms with Crippen LogP contribution in [0.3, 0.4) is 0 Å². The summed E-state index contributed by atoms with van der Waals surface area (Å²) in [5.41, 5.74) is 1.39. The molecule has 1 saturated carbocycles. The van der Waals surface area contributed by atoms with Crippen molar-refractivity contribution in [2.75, 3.05) is 6.61 Å². The quantitative estimate of drug-likeness (QED) is 0.477. The number of hydrogen-bond acceptors (Lipinski definition) is 2. The van der Waals surface area contributed by atoms with Crippen molar-refractivity contribution >= 4 is 0 Å². The molecule has 1 aliphatic rings. The van der Waals surface area contributed by atoms with Crippen molar-refractivity contribution in [3.8, 4) is 5.75 Å². The van der Waals surface area contributed by atoms with E-state index in [4.69, 9.17) is 9.47 Å². The maximum Gasteiger partial charge on any atom is 0.202 e. The van der Waals surface area contributed by atoms with Gasteiger partial charge in [-0.1, -0.05) is 59.1 Å². The number of hydrogen-bond donors (Lipinski definition) is 0. The Labute approximate surface area is 148 Å². The summed E-state index contributed by atoms with van der Waals surface area (Å²) in [5, 5.41) is 0.